The fourth-order valence-corrected chi connectivity index (χ4v) is 2.57. The zero-order valence-corrected chi connectivity index (χ0v) is 11.4. The molecular weight excluding hydrogens is 288 g/mol. The van der Waals surface area contributed by atoms with Gasteiger partial charge in [0.15, 0.2) is 0 Å². The second-order valence-electron chi connectivity index (χ2n) is 4.19. The van der Waals surface area contributed by atoms with Gasteiger partial charge in [0.1, 0.15) is 0 Å². The lowest BCUT2D eigenvalue weighted by Gasteiger charge is -2.23. The average Bonchev–Trinajstić information content (AvgIpc) is 2.32. The van der Waals surface area contributed by atoms with Gasteiger partial charge >= 0.3 is 0 Å². The van der Waals surface area contributed by atoms with Gasteiger partial charge in [-0.25, -0.2) is 0 Å². The second-order valence-corrected chi connectivity index (χ2v) is 5.39. The molecule has 1 aromatic rings. The molecular formula is C12H16BrClN2. The minimum atomic E-state index is 0.722. The lowest BCUT2D eigenvalue weighted by atomic mass is 10.00. The summed E-state index contributed by atoms with van der Waals surface area (Å²) in [6.07, 6.45) is 2.58. The summed E-state index contributed by atoms with van der Waals surface area (Å²) in [6, 6.07) is 5.90. The first-order valence-electron chi connectivity index (χ1n) is 5.66. The van der Waals surface area contributed by atoms with E-state index in [1.54, 1.807) is 0 Å². The SMILES string of the molecule is Clc1cccc(NCC2CCCNC2)c1Br. The molecule has 1 aromatic carbocycles. The van der Waals surface area contributed by atoms with Crippen LogP contribution in [-0.4, -0.2) is 19.6 Å². The number of hydrogen-bond donors (Lipinski definition) is 2. The van der Waals surface area contributed by atoms with Crippen LogP contribution in [0.3, 0.4) is 0 Å². The summed E-state index contributed by atoms with van der Waals surface area (Å²) in [6.45, 7) is 3.29. The predicted molar refractivity (Wildman–Crippen MR) is 73.2 cm³/mol. The van der Waals surface area contributed by atoms with E-state index in [0.29, 0.717) is 0 Å². The summed E-state index contributed by atoms with van der Waals surface area (Å²) in [5.41, 5.74) is 1.08. The molecule has 0 saturated carbocycles. The topological polar surface area (TPSA) is 24.1 Å². The van der Waals surface area contributed by atoms with Crippen LogP contribution in [-0.2, 0) is 0 Å². The Morgan fingerprint density at radius 3 is 3.12 bits per heavy atom. The number of nitrogens with one attached hydrogen (secondary N) is 2. The summed E-state index contributed by atoms with van der Waals surface area (Å²) >= 11 is 9.53. The number of benzene rings is 1. The number of piperidine rings is 1. The Hall–Kier alpha value is -0.250. The molecule has 2 N–H and O–H groups in total. The monoisotopic (exact) mass is 302 g/mol. The Bertz CT molecular complexity index is 351. The van der Waals surface area contributed by atoms with Crippen LogP contribution in [0.25, 0.3) is 0 Å². The van der Waals surface area contributed by atoms with Crippen molar-refractivity contribution in [3.05, 3.63) is 27.7 Å². The molecule has 16 heavy (non-hydrogen) atoms. The normalized spacial score (nSPS) is 20.8. The van der Waals surface area contributed by atoms with Gasteiger partial charge in [0.2, 0.25) is 0 Å². The standard InChI is InChI=1S/C12H16BrClN2/c13-12-10(14)4-1-5-11(12)16-8-9-3-2-6-15-7-9/h1,4-5,9,15-16H,2-3,6-8H2. The number of halogens is 2. The third-order valence-electron chi connectivity index (χ3n) is 2.93. The molecule has 1 fully saturated rings. The highest BCUT2D eigenvalue weighted by Crippen LogP contribution is 2.30. The van der Waals surface area contributed by atoms with E-state index in [1.165, 1.54) is 12.8 Å². The van der Waals surface area contributed by atoms with Crippen molar-refractivity contribution >= 4 is 33.2 Å². The van der Waals surface area contributed by atoms with E-state index in [1.807, 2.05) is 18.2 Å². The summed E-state index contributed by atoms with van der Waals surface area (Å²) in [5.74, 6) is 0.722. The van der Waals surface area contributed by atoms with Gasteiger partial charge in [-0.05, 0) is 59.9 Å². The summed E-state index contributed by atoms with van der Waals surface area (Å²) in [4.78, 5) is 0. The van der Waals surface area contributed by atoms with E-state index in [0.717, 1.165) is 40.7 Å². The lowest BCUT2D eigenvalue weighted by Crippen LogP contribution is -2.33. The first-order chi connectivity index (χ1) is 7.77. The highest BCUT2D eigenvalue weighted by molar-refractivity contribution is 9.10. The zero-order chi connectivity index (χ0) is 11.4. The van der Waals surface area contributed by atoms with E-state index in [9.17, 15) is 0 Å². The third kappa shape index (κ3) is 3.12. The summed E-state index contributed by atoms with van der Waals surface area (Å²) in [5, 5.41) is 7.63. The first kappa shape index (κ1) is 12.2. The average molecular weight is 304 g/mol. The van der Waals surface area contributed by atoms with Gasteiger partial charge in [0.05, 0.1) is 9.50 Å². The maximum absolute atomic E-state index is 6.04. The molecule has 2 nitrogen and oxygen atoms in total. The Kier molecular flexibility index (Phi) is 4.50. The highest BCUT2D eigenvalue weighted by atomic mass is 79.9. The van der Waals surface area contributed by atoms with Crippen LogP contribution in [0.2, 0.25) is 5.02 Å². The minimum Gasteiger partial charge on any atom is -0.384 e. The predicted octanol–water partition coefficient (Wildman–Crippen LogP) is 3.51. The third-order valence-corrected chi connectivity index (χ3v) is 4.33. The van der Waals surface area contributed by atoms with Crippen molar-refractivity contribution in [1.82, 2.24) is 5.32 Å². The molecule has 0 amide bonds. The van der Waals surface area contributed by atoms with Gasteiger partial charge in [-0.15, -0.1) is 0 Å². The Labute approximate surface area is 110 Å². The van der Waals surface area contributed by atoms with Crippen molar-refractivity contribution in [2.24, 2.45) is 5.92 Å². The van der Waals surface area contributed by atoms with Crippen molar-refractivity contribution in [3.8, 4) is 0 Å². The van der Waals surface area contributed by atoms with Gasteiger partial charge in [0, 0.05) is 12.2 Å². The minimum absolute atomic E-state index is 0.722. The molecule has 1 aliphatic heterocycles. The first-order valence-corrected chi connectivity index (χ1v) is 6.83. The van der Waals surface area contributed by atoms with E-state index in [2.05, 4.69) is 26.6 Å². The number of anilines is 1. The Balaban J connectivity index is 1.91. The van der Waals surface area contributed by atoms with E-state index in [-0.39, 0.29) is 0 Å². The van der Waals surface area contributed by atoms with Crippen molar-refractivity contribution in [2.75, 3.05) is 25.0 Å². The molecule has 0 radical (unpaired) electrons. The number of rotatable bonds is 3. The maximum atomic E-state index is 6.04. The Morgan fingerprint density at radius 1 is 1.50 bits per heavy atom. The lowest BCUT2D eigenvalue weighted by molar-refractivity contribution is 0.393. The van der Waals surface area contributed by atoms with Crippen LogP contribution in [0.1, 0.15) is 12.8 Å². The molecule has 88 valence electrons. The van der Waals surface area contributed by atoms with E-state index in [4.69, 9.17) is 11.6 Å². The largest absolute Gasteiger partial charge is 0.384 e. The fourth-order valence-electron chi connectivity index (χ4n) is 1.99. The smallest absolute Gasteiger partial charge is 0.0593 e. The van der Waals surface area contributed by atoms with E-state index >= 15 is 0 Å². The molecule has 1 saturated heterocycles. The maximum Gasteiger partial charge on any atom is 0.0593 e. The van der Waals surface area contributed by atoms with E-state index < -0.39 is 0 Å². The van der Waals surface area contributed by atoms with Crippen LogP contribution in [0, 0.1) is 5.92 Å². The quantitative estimate of drug-likeness (QED) is 0.893. The summed E-state index contributed by atoms with van der Waals surface area (Å²) < 4.78 is 0.959. The van der Waals surface area contributed by atoms with Gasteiger partial charge in [-0.3, -0.25) is 0 Å². The van der Waals surface area contributed by atoms with Crippen LogP contribution in [0.4, 0.5) is 5.69 Å². The second kappa shape index (κ2) is 5.89. The van der Waals surface area contributed by atoms with Crippen molar-refractivity contribution < 1.29 is 0 Å². The van der Waals surface area contributed by atoms with Gasteiger partial charge in [-0.1, -0.05) is 17.7 Å². The molecule has 0 aliphatic carbocycles. The molecule has 1 aliphatic rings. The Morgan fingerprint density at radius 2 is 2.38 bits per heavy atom. The van der Waals surface area contributed by atoms with Crippen LogP contribution in [0.5, 0.6) is 0 Å². The zero-order valence-electron chi connectivity index (χ0n) is 9.10. The van der Waals surface area contributed by atoms with Crippen molar-refractivity contribution in [2.45, 2.75) is 12.8 Å². The molecule has 4 heteroatoms. The van der Waals surface area contributed by atoms with Gasteiger partial charge in [-0.2, -0.15) is 0 Å². The molecule has 0 bridgehead atoms. The van der Waals surface area contributed by atoms with Crippen molar-refractivity contribution in [1.29, 1.82) is 0 Å². The molecule has 1 unspecified atom stereocenters. The molecule has 0 aromatic heterocycles. The molecule has 2 rings (SSSR count). The van der Waals surface area contributed by atoms with Crippen molar-refractivity contribution in [3.63, 3.8) is 0 Å². The van der Waals surface area contributed by atoms with Crippen LogP contribution in [0.15, 0.2) is 22.7 Å². The molecule has 1 atom stereocenters. The highest BCUT2D eigenvalue weighted by Gasteiger charge is 2.13. The van der Waals surface area contributed by atoms with Gasteiger partial charge < -0.3 is 10.6 Å². The number of hydrogen-bond acceptors (Lipinski definition) is 2. The summed E-state index contributed by atoms with van der Waals surface area (Å²) in [7, 11) is 0. The van der Waals surface area contributed by atoms with Crippen LogP contribution < -0.4 is 10.6 Å². The molecule has 1 heterocycles. The van der Waals surface area contributed by atoms with Gasteiger partial charge in [0.25, 0.3) is 0 Å². The fraction of sp³-hybridized carbons (Fsp3) is 0.500. The van der Waals surface area contributed by atoms with Crippen LogP contribution >= 0.6 is 27.5 Å². The molecule has 0 spiro atoms.